The van der Waals surface area contributed by atoms with Crippen LogP contribution in [0.15, 0.2) is 47.4 Å². The summed E-state index contributed by atoms with van der Waals surface area (Å²) >= 11 is 11.7. The Morgan fingerprint density at radius 3 is 2.07 bits per heavy atom. The van der Waals surface area contributed by atoms with E-state index in [1.165, 1.54) is 50.2 Å². The quantitative estimate of drug-likeness (QED) is 0.711. The summed E-state index contributed by atoms with van der Waals surface area (Å²) in [5.74, 6) is 0. The standard InChI is InChI=1S/C17H16Cl2F3NO3S/c1-16(2,24)11-6-8-12(9-7-11)23(10-17(20,21)22)27(25,26)14-5-3-4-13(18)15(14)19/h3-9,24H,10H2,1-2H3. The molecule has 0 radical (unpaired) electrons. The van der Waals surface area contributed by atoms with E-state index >= 15 is 0 Å². The van der Waals surface area contributed by atoms with Gasteiger partial charge in [0.1, 0.15) is 11.4 Å². The second-order valence-corrected chi connectivity index (χ2v) is 8.90. The van der Waals surface area contributed by atoms with E-state index in [2.05, 4.69) is 0 Å². The highest BCUT2D eigenvalue weighted by Crippen LogP contribution is 2.35. The Kier molecular flexibility index (Phi) is 6.06. The molecule has 0 aliphatic carbocycles. The van der Waals surface area contributed by atoms with Crippen LogP contribution in [0.5, 0.6) is 0 Å². The van der Waals surface area contributed by atoms with Gasteiger partial charge in [0.05, 0.1) is 21.3 Å². The van der Waals surface area contributed by atoms with Crippen LogP contribution in [-0.2, 0) is 15.6 Å². The van der Waals surface area contributed by atoms with E-state index in [4.69, 9.17) is 23.2 Å². The molecule has 0 unspecified atom stereocenters. The lowest BCUT2D eigenvalue weighted by atomic mass is 9.98. The number of hydrogen-bond acceptors (Lipinski definition) is 3. The molecule has 0 bridgehead atoms. The van der Waals surface area contributed by atoms with Gasteiger partial charge in [-0.25, -0.2) is 8.42 Å². The number of halogens is 5. The summed E-state index contributed by atoms with van der Waals surface area (Å²) in [4.78, 5) is -0.535. The van der Waals surface area contributed by atoms with Gasteiger partial charge in [0.15, 0.2) is 0 Å². The molecular weight excluding hydrogens is 426 g/mol. The number of rotatable bonds is 5. The average Bonchev–Trinajstić information content (AvgIpc) is 2.53. The van der Waals surface area contributed by atoms with Crippen molar-refractivity contribution in [3.8, 4) is 0 Å². The second kappa shape index (κ2) is 7.50. The van der Waals surface area contributed by atoms with Gasteiger partial charge in [-0.05, 0) is 43.7 Å². The molecule has 148 valence electrons. The Bertz CT molecular complexity index is 924. The first-order valence-electron chi connectivity index (χ1n) is 7.60. The van der Waals surface area contributed by atoms with Crippen LogP contribution in [0, 0.1) is 0 Å². The van der Waals surface area contributed by atoms with Crippen LogP contribution >= 0.6 is 23.2 Å². The van der Waals surface area contributed by atoms with Gasteiger partial charge in [-0.2, -0.15) is 13.2 Å². The van der Waals surface area contributed by atoms with Gasteiger partial charge in [-0.1, -0.05) is 41.4 Å². The maximum Gasteiger partial charge on any atom is 0.407 e. The van der Waals surface area contributed by atoms with Crippen molar-refractivity contribution in [2.45, 2.75) is 30.5 Å². The molecule has 0 amide bonds. The first kappa shape index (κ1) is 21.8. The summed E-state index contributed by atoms with van der Waals surface area (Å²) in [7, 11) is -4.65. The maximum atomic E-state index is 13.1. The predicted molar refractivity (Wildman–Crippen MR) is 98.7 cm³/mol. The van der Waals surface area contributed by atoms with Gasteiger partial charge in [0.25, 0.3) is 10.0 Å². The van der Waals surface area contributed by atoms with Gasteiger partial charge in [-0.3, -0.25) is 4.31 Å². The van der Waals surface area contributed by atoms with Crippen LogP contribution in [0.4, 0.5) is 18.9 Å². The zero-order valence-corrected chi connectivity index (χ0v) is 16.6. The van der Waals surface area contributed by atoms with Crippen LogP contribution in [0.2, 0.25) is 10.0 Å². The first-order chi connectivity index (χ1) is 12.2. The minimum atomic E-state index is -4.80. The molecule has 0 aliphatic heterocycles. The molecule has 2 aromatic rings. The third kappa shape index (κ3) is 5.07. The molecule has 2 aromatic carbocycles. The zero-order valence-electron chi connectivity index (χ0n) is 14.3. The lowest BCUT2D eigenvalue weighted by Gasteiger charge is -2.27. The molecule has 1 N–H and O–H groups in total. The van der Waals surface area contributed by atoms with E-state index in [-0.39, 0.29) is 20.0 Å². The first-order valence-corrected chi connectivity index (χ1v) is 9.79. The molecular formula is C17H16Cl2F3NO3S. The van der Waals surface area contributed by atoms with Crippen molar-refractivity contribution in [3.05, 3.63) is 58.1 Å². The molecule has 2 rings (SSSR count). The second-order valence-electron chi connectivity index (χ2n) is 6.28. The van der Waals surface area contributed by atoms with Crippen molar-refractivity contribution in [2.24, 2.45) is 0 Å². The summed E-state index contributed by atoms with van der Waals surface area (Å²) < 4.78 is 65.2. The molecule has 0 atom stereocenters. The molecule has 10 heteroatoms. The van der Waals surface area contributed by atoms with Crippen molar-refractivity contribution >= 4 is 38.9 Å². The highest BCUT2D eigenvalue weighted by atomic mass is 35.5. The highest BCUT2D eigenvalue weighted by Gasteiger charge is 2.38. The van der Waals surface area contributed by atoms with Crippen LogP contribution in [0.3, 0.4) is 0 Å². The van der Waals surface area contributed by atoms with Crippen molar-refractivity contribution in [2.75, 3.05) is 10.8 Å². The van der Waals surface area contributed by atoms with Crippen LogP contribution in [0.1, 0.15) is 19.4 Å². The fraction of sp³-hybridized carbons (Fsp3) is 0.294. The largest absolute Gasteiger partial charge is 0.407 e. The lowest BCUT2D eigenvalue weighted by molar-refractivity contribution is -0.117. The number of nitrogens with zero attached hydrogens (tertiary/aromatic N) is 1. The summed E-state index contributed by atoms with van der Waals surface area (Å²) in [6.45, 7) is 1.25. The van der Waals surface area contributed by atoms with E-state index in [1.54, 1.807) is 0 Å². The van der Waals surface area contributed by atoms with E-state index < -0.39 is 33.2 Å². The van der Waals surface area contributed by atoms with Gasteiger partial charge < -0.3 is 5.11 Å². The molecule has 0 aromatic heterocycles. The van der Waals surface area contributed by atoms with Gasteiger partial charge in [0, 0.05) is 0 Å². The van der Waals surface area contributed by atoms with E-state index in [0.29, 0.717) is 5.56 Å². The molecule has 0 aliphatic rings. The SMILES string of the molecule is CC(C)(O)c1ccc(N(CC(F)(F)F)S(=O)(=O)c2cccc(Cl)c2Cl)cc1. The smallest absolute Gasteiger partial charge is 0.386 e. The zero-order chi connectivity index (χ0) is 20.6. The third-order valence-corrected chi connectivity index (χ3v) is 6.42. The third-order valence-electron chi connectivity index (χ3n) is 3.67. The molecule has 0 saturated carbocycles. The van der Waals surface area contributed by atoms with Crippen molar-refractivity contribution < 1.29 is 26.7 Å². The topological polar surface area (TPSA) is 57.6 Å². The van der Waals surface area contributed by atoms with E-state index in [0.717, 1.165) is 6.07 Å². The summed E-state index contributed by atoms with van der Waals surface area (Å²) in [6.07, 6.45) is -4.80. The maximum absolute atomic E-state index is 13.1. The minimum absolute atomic E-state index is 0.0953. The summed E-state index contributed by atoms with van der Waals surface area (Å²) in [5, 5.41) is 9.51. The molecule has 0 saturated heterocycles. The fourth-order valence-corrected chi connectivity index (χ4v) is 4.50. The Hall–Kier alpha value is -1.48. The number of alkyl halides is 3. The van der Waals surface area contributed by atoms with Gasteiger partial charge >= 0.3 is 6.18 Å². The number of aliphatic hydroxyl groups is 1. The predicted octanol–water partition coefficient (Wildman–Crippen LogP) is 4.98. The van der Waals surface area contributed by atoms with Gasteiger partial charge in [-0.15, -0.1) is 0 Å². The molecule has 27 heavy (non-hydrogen) atoms. The van der Waals surface area contributed by atoms with E-state index in [9.17, 15) is 26.7 Å². The van der Waals surface area contributed by atoms with Crippen LogP contribution in [0.25, 0.3) is 0 Å². The molecule has 0 fully saturated rings. The number of hydrogen-bond donors (Lipinski definition) is 1. The summed E-state index contributed by atoms with van der Waals surface area (Å²) in [5.41, 5.74) is -1.05. The Balaban J connectivity index is 2.60. The average molecular weight is 442 g/mol. The number of benzene rings is 2. The van der Waals surface area contributed by atoms with Gasteiger partial charge in [0.2, 0.25) is 0 Å². The van der Waals surface area contributed by atoms with Crippen molar-refractivity contribution in [1.29, 1.82) is 0 Å². The molecule has 4 nitrogen and oxygen atoms in total. The Labute approximate surface area is 165 Å². The monoisotopic (exact) mass is 441 g/mol. The Morgan fingerprint density at radius 2 is 1.59 bits per heavy atom. The lowest BCUT2D eigenvalue weighted by Crippen LogP contribution is -2.39. The molecule has 0 spiro atoms. The molecule has 0 heterocycles. The van der Waals surface area contributed by atoms with Crippen LogP contribution in [-0.4, -0.2) is 26.2 Å². The fourth-order valence-electron chi connectivity index (χ4n) is 2.32. The minimum Gasteiger partial charge on any atom is -0.386 e. The number of anilines is 1. The normalized spacial score (nSPS) is 12.9. The van der Waals surface area contributed by atoms with Crippen molar-refractivity contribution in [1.82, 2.24) is 0 Å². The Morgan fingerprint density at radius 1 is 1.04 bits per heavy atom. The van der Waals surface area contributed by atoms with Crippen LogP contribution < -0.4 is 4.31 Å². The highest BCUT2D eigenvalue weighted by molar-refractivity contribution is 7.93. The number of sulfonamides is 1. The van der Waals surface area contributed by atoms with Crippen molar-refractivity contribution in [3.63, 3.8) is 0 Å². The summed E-state index contributed by atoms with van der Waals surface area (Å²) in [6, 6.07) is 8.78. The van der Waals surface area contributed by atoms with E-state index in [1.807, 2.05) is 0 Å².